The molecule has 1 aliphatic rings. The fourth-order valence-corrected chi connectivity index (χ4v) is 2.34. The summed E-state index contributed by atoms with van der Waals surface area (Å²) in [6.45, 7) is 2.19. The second-order valence-electron chi connectivity index (χ2n) is 5.42. The summed E-state index contributed by atoms with van der Waals surface area (Å²) >= 11 is 0. The van der Waals surface area contributed by atoms with E-state index in [4.69, 9.17) is 4.74 Å². The summed E-state index contributed by atoms with van der Waals surface area (Å²) in [6.07, 6.45) is 1.53. The van der Waals surface area contributed by atoms with Crippen LogP contribution >= 0.6 is 0 Å². The molecule has 2 rings (SSSR count). The molecule has 1 fully saturated rings. The summed E-state index contributed by atoms with van der Waals surface area (Å²) in [7, 11) is 0. The Labute approximate surface area is 122 Å². The Morgan fingerprint density at radius 2 is 2.05 bits per heavy atom. The van der Waals surface area contributed by atoms with E-state index in [0.717, 1.165) is 12.0 Å². The molecule has 2 atom stereocenters. The van der Waals surface area contributed by atoms with Crippen LogP contribution in [0.2, 0.25) is 0 Å². The normalized spacial score (nSPS) is 22.7. The molecule has 0 aliphatic carbocycles. The van der Waals surface area contributed by atoms with Gasteiger partial charge < -0.3 is 20.3 Å². The molecule has 21 heavy (non-hydrogen) atoms. The Hall–Kier alpha value is -2.08. The average Bonchev–Trinajstić information content (AvgIpc) is 2.88. The van der Waals surface area contributed by atoms with Crippen molar-refractivity contribution in [1.82, 2.24) is 5.32 Å². The maximum atomic E-state index is 12.2. The van der Waals surface area contributed by atoms with Gasteiger partial charge in [0, 0.05) is 13.0 Å². The van der Waals surface area contributed by atoms with E-state index in [1.165, 1.54) is 12.1 Å². The number of benzene rings is 1. The number of ether oxygens (including phenoxy) is 1. The van der Waals surface area contributed by atoms with E-state index in [-0.39, 0.29) is 12.2 Å². The van der Waals surface area contributed by atoms with Gasteiger partial charge in [0.15, 0.2) is 0 Å². The maximum absolute atomic E-state index is 12.2. The van der Waals surface area contributed by atoms with Crippen molar-refractivity contribution in [2.75, 3.05) is 6.61 Å². The lowest BCUT2D eigenvalue weighted by Crippen LogP contribution is -2.51. The highest BCUT2D eigenvalue weighted by atomic mass is 16.5. The molecular weight excluding hydrogens is 274 g/mol. The number of carboxylic acids is 1. The van der Waals surface area contributed by atoms with Crippen LogP contribution in [0, 0.1) is 0 Å². The van der Waals surface area contributed by atoms with E-state index in [1.54, 1.807) is 19.1 Å². The predicted molar refractivity (Wildman–Crippen MR) is 75.0 cm³/mol. The lowest BCUT2D eigenvalue weighted by atomic mass is 10.00. The molecule has 1 heterocycles. The van der Waals surface area contributed by atoms with Crippen molar-refractivity contribution in [3.8, 4) is 5.75 Å². The average molecular weight is 293 g/mol. The number of nitrogens with one attached hydrogen (secondary N) is 1. The molecule has 6 nitrogen and oxygen atoms in total. The molecule has 0 radical (unpaired) electrons. The third-order valence-electron chi connectivity index (χ3n) is 3.68. The minimum absolute atomic E-state index is 0.113. The Morgan fingerprint density at radius 1 is 1.38 bits per heavy atom. The quantitative estimate of drug-likeness (QED) is 0.755. The first kappa shape index (κ1) is 15.3. The first-order valence-electron chi connectivity index (χ1n) is 6.86. The molecular formula is C15H19NO5. The Balaban J connectivity index is 2.04. The van der Waals surface area contributed by atoms with Gasteiger partial charge in [0.2, 0.25) is 0 Å². The van der Waals surface area contributed by atoms with Crippen LogP contribution in [0.1, 0.15) is 25.3 Å². The van der Waals surface area contributed by atoms with Gasteiger partial charge in [-0.3, -0.25) is 4.79 Å². The van der Waals surface area contributed by atoms with Gasteiger partial charge >= 0.3 is 5.97 Å². The molecule has 1 amide bonds. The standard InChI is InChI=1S/C15H19NO5/c1-15(7-2-8-21-15)14(20)16-12(13(18)19)9-10-3-5-11(17)6-4-10/h3-6,12,17H,2,7-9H2,1H3,(H,16,20)(H,18,19). The second kappa shape index (κ2) is 6.13. The maximum Gasteiger partial charge on any atom is 0.326 e. The molecule has 1 aromatic rings. The summed E-state index contributed by atoms with van der Waals surface area (Å²) in [5, 5.41) is 21.0. The van der Waals surface area contributed by atoms with Crippen LogP contribution in [-0.2, 0) is 20.7 Å². The largest absolute Gasteiger partial charge is 0.508 e. The number of carbonyl (C=O) groups excluding carboxylic acids is 1. The number of hydrogen-bond acceptors (Lipinski definition) is 4. The van der Waals surface area contributed by atoms with E-state index in [9.17, 15) is 19.8 Å². The van der Waals surface area contributed by atoms with Crippen LogP contribution in [0.4, 0.5) is 0 Å². The zero-order valence-electron chi connectivity index (χ0n) is 11.8. The molecule has 1 saturated heterocycles. The Kier molecular flexibility index (Phi) is 4.47. The highest BCUT2D eigenvalue weighted by molar-refractivity contribution is 5.89. The van der Waals surface area contributed by atoms with Crippen LogP contribution in [-0.4, -0.2) is 40.3 Å². The Bertz CT molecular complexity index is 519. The van der Waals surface area contributed by atoms with Gasteiger partial charge in [-0.2, -0.15) is 0 Å². The topological polar surface area (TPSA) is 95.9 Å². The minimum atomic E-state index is -1.10. The number of phenolic OH excluding ortho intramolecular Hbond substituents is 1. The molecule has 1 aliphatic heterocycles. The number of aliphatic carboxylic acids is 1. The Morgan fingerprint density at radius 3 is 2.57 bits per heavy atom. The molecule has 0 saturated carbocycles. The van der Waals surface area contributed by atoms with Crippen LogP contribution in [0.25, 0.3) is 0 Å². The van der Waals surface area contributed by atoms with Crippen molar-refractivity contribution in [3.63, 3.8) is 0 Å². The summed E-state index contributed by atoms with van der Waals surface area (Å²) < 4.78 is 5.41. The fourth-order valence-electron chi connectivity index (χ4n) is 2.34. The van der Waals surface area contributed by atoms with E-state index in [2.05, 4.69) is 5.32 Å². The van der Waals surface area contributed by atoms with E-state index < -0.39 is 23.5 Å². The van der Waals surface area contributed by atoms with Crippen LogP contribution in [0.15, 0.2) is 24.3 Å². The van der Waals surface area contributed by atoms with Gasteiger partial charge in [0.05, 0.1) is 0 Å². The number of amides is 1. The van der Waals surface area contributed by atoms with Gasteiger partial charge in [-0.1, -0.05) is 12.1 Å². The fraction of sp³-hybridized carbons (Fsp3) is 0.467. The second-order valence-corrected chi connectivity index (χ2v) is 5.42. The van der Waals surface area contributed by atoms with Crippen molar-refractivity contribution >= 4 is 11.9 Å². The molecule has 3 N–H and O–H groups in total. The van der Waals surface area contributed by atoms with Gasteiger partial charge in [-0.15, -0.1) is 0 Å². The number of rotatable bonds is 5. The highest BCUT2D eigenvalue weighted by Gasteiger charge is 2.39. The molecule has 1 aromatic carbocycles. The zero-order chi connectivity index (χ0) is 15.5. The lowest BCUT2D eigenvalue weighted by Gasteiger charge is -2.24. The monoisotopic (exact) mass is 293 g/mol. The van der Waals surface area contributed by atoms with Crippen molar-refractivity contribution in [2.45, 2.75) is 37.8 Å². The summed E-state index contributed by atoms with van der Waals surface area (Å²) in [5.74, 6) is -1.38. The summed E-state index contributed by atoms with van der Waals surface area (Å²) in [6, 6.07) is 5.20. The molecule has 0 aromatic heterocycles. The molecule has 0 spiro atoms. The van der Waals surface area contributed by atoms with Gasteiger partial charge in [-0.25, -0.2) is 4.79 Å². The number of hydrogen-bond donors (Lipinski definition) is 3. The first-order valence-corrected chi connectivity index (χ1v) is 6.86. The van der Waals surface area contributed by atoms with Crippen LogP contribution < -0.4 is 5.32 Å². The van der Waals surface area contributed by atoms with E-state index in [0.29, 0.717) is 13.0 Å². The SMILES string of the molecule is CC1(C(=O)NC(Cc2ccc(O)cc2)C(=O)O)CCCO1. The predicted octanol–water partition coefficient (Wildman–Crippen LogP) is 1.07. The van der Waals surface area contributed by atoms with Crippen LogP contribution in [0.5, 0.6) is 5.75 Å². The number of carboxylic acid groups (broad SMARTS) is 1. The number of carbonyl (C=O) groups is 2. The lowest BCUT2D eigenvalue weighted by molar-refractivity contribution is -0.147. The van der Waals surface area contributed by atoms with Gasteiger partial charge in [-0.05, 0) is 37.5 Å². The third kappa shape index (κ3) is 3.72. The zero-order valence-corrected chi connectivity index (χ0v) is 11.8. The van der Waals surface area contributed by atoms with Crippen LogP contribution in [0.3, 0.4) is 0 Å². The first-order chi connectivity index (χ1) is 9.90. The smallest absolute Gasteiger partial charge is 0.326 e. The van der Waals surface area contributed by atoms with Crippen molar-refractivity contribution in [2.24, 2.45) is 0 Å². The highest BCUT2D eigenvalue weighted by Crippen LogP contribution is 2.25. The summed E-state index contributed by atoms with van der Waals surface area (Å²) in [4.78, 5) is 23.5. The molecule has 114 valence electrons. The number of phenols is 1. The van der Waals surface area contributed by atoms with Gasteiger partial charge in [0.1, 0.15) is 17.4 Å². The molecule has 2 unspecified atom stereocenters. The van der Waals surface area contributed by atoms with Crippen molar-refractivity contribution in [3.05, 3.63) is 29.8 Å². The van der Waals surface area contributed by atoms with Crippen molar-refractivity contribution in [1.29, 1.82) is 0 Å². The molecule has 0 bridgehead atoms. The minimum Gasteiger partial charge on any atom is -0.508 e. The third-order valence-corrected chi connectivity index (χ3v) is 3.68. The van der Waals surface area contributed by atoms with Gasteiger partial charge in [0.25, 0.3) is 5.91 Å². The summed E-state index contributed by atoms with van der Waals surface area (Å²) in [5.41, 5.74) is -0.221. The van der Waals surface area contributed by atoms with E-state index >= 15 is 0 Å². The van der Waals surface area contributed by atoms with Crippen molar-refractivity contribution < 1.29 is 24.5 Å². The number of aromatic hydroxyl groups is 1. The molecule has 6 heteroatoms. The van der Waals surface area contributed by atoms with E-state index in [1.807, 2.05) is 0 Å².